The molecule has 0 unspecified atom stereocenters. The van der Waals surface area contributed by atoms with E-state index in [9.17, 15) is 0 Å². The van der Waals surface area contributed by atoms with Gasteiger partial charge in [0.2, 0.25) is 0 Å². The number of hydrogen-bond donors (Lipinski definition) is 1. The Bertz CT molecular complexity index is 355. The highest BCUT2D eigenvalue weighted by molar-refractivity contribution is 8.93. The summed E-state index contributed by atoms with van der Waals surface area (Å²) in [7, 11) is 0. The third kappa shape index (κ3) is 13.8. The van der Waals surface area contributed by atoms with Crippen LogP contribution in [0.3, 0.4) is 0 Å². The quantitative estimate of drug-likeness (QED) is 0.233. The first-order chi connectivity index (χ1) is 12.4. The van der Waals surface area contributed by atoms with Crippen LogP contribution < -0.4 is 0 Å². The highest BCUT2D eigenvalue weighted by Crippen LogP contribution is 2.16. The Morgan fingerprint density at radius 1 is 0.615 bits per heavy atom. The van der Waals surface area contributed by atoms with Crippen molar-refractivity contribution in [2.24, 2.45) is 0 Å². The molecule has 0 aliphatic rings. The molecule has 0 aromatic carbocycles. The maximum atomic E-state index is 4.29. The van der Waals surface area contributed by atoms with E-state index in [1.165, 1.54) is 127 Å². The molecule has 0 fully saturated rings. The highest BCUT2D eigenvalue weighted by Gasteiger charge is 2.05. The molecule has 0 aliphatic carbocycles. The second-order valence-corrected chi connectivity index (χ2v) is 7.82. The van der Waals surface area contributed by atoms with E-state index in [-0.39, 0.29) is 17.0 Å². The van der Waals surface area contributed by atoms with Crippen molar-refractivity contribution in [3.8, 4) is 0 Å². The van der Waals surface area contributed by atoms with Crippen molar-refractivity contribution in [3.63, 3.8) is 0 Å². The number of aromatic amines is 1. The largest absolute Gasteiger partial charge is 0.282 e. The topological polar surface area (TPSA) is 28.7 Å². The standard InChI is InChI=1S/C23H44N2.BrH/c1-3-5-7-9-11-13-15-17-19-22-21-24-25-23(22)20-18-16-14-12-10-8-6-4-2;/h21H,3-20H2,1-2H3,(H,24,25);1H. The first-order valence-electron chi connectivity index (χ1n) is 11.4. The average Bonchev–Trinajstić information content (AvgIpc) is 3.07. The van der Waals surface area contributed by atoms with Gasteiger partial charge in [0, 0.05) is 5.69 Å². The normalized spacial score (nSPS) is 10.8. The Hall–Kier alpha value is -0.310. The summed E-state index contributed by atoms with van der Waals surface area (Å²) in [4.78, 5) is 0. The van der Waals surface area contributed by atoms with Crippen LogP contribution in [0.1, 0.15) is 128 Å². The average molecular weight is 430 g/mol. The first-order valence-corrected chi connectivity index (χ1v) is 11.4. The fourth-order valence-corrected chi connectivity index (χ4v) is 3.65. The summed E-state index contributed by atoms with van der Waals surface area (Å²) in [6.45, 7) is 4.58. The molecule has 154 valence electrons. The second kappa shape index (κ2) is 19.5. The SMILES string of the molecule is Br.CCCCCCCCCCc1cn[nH]c1CCCCCCCCCC. The predicted molar refractivity (Wildman–Crippen MR) is 122 cm³/mol. The van der Waals surface area contributed by atoms with Crippen molar-refractivity contribution in [2.45, 2.75) is 129 Å². The van der Waals surface area contributed by atoms with Gasteiger partial charge in [-0.1, -0.05) is 104 Å². The summed E-state index contributed by atoms with van der Waals surface area (Å²) in [6.07, 6.45) is 26.8. The summed E-state index contributed by atoms with van der Waals surface area (Å²) < 4.78 is 0. The van der Waals surface area contributed by atoms with Gasteiger partial charge < -0.3 is 0 Å². The molecule has 3 heteroatoms. The van der Waals surface area contributed by atoms with E-state index in [4.69, 9.17) is 0 Å². The van der Waals surface area contributed by atoms with Crippen LogP contribution in [-0.2, 0) is 12.8 Å². The number of nitrogens with zero attached hydrogens (tertiary/aromatic N) is 1. The van der Waals surface area contributed by atoms with Crippen LogP contribution in [0.2, 0.25) is 0 Å². The Balaban J connectivity index is 0.00000625. The van der Waals surface area contributed by atoms with Gasteiger partial charge in [-0.25, -0.2) is 0 Å². The van der Waals surface area contributed by atoms with E-state index in [1.54, 1.807) is 0 Å². The molecule has 1 heterocycles. The maximum Gasteiger partial charge on any atom is 0.0522 e. The molecule has 0 amide bonds. The van der Waals surface area contributed by atoms with Crippen molar-refractivity contribution < 1.29 is 0 Å². The molecular weight excluding hydrogens is 384 g/mol. The van der Waals surface area contributed by atoms with Crippen molar-refractivity contribution in [2.75, 3.05) is 0 Å². The van der Waals surface area contributed by atoms with Crippen molar-refractivity contribution >= 4 is 17.0 Å². The number of H-pyrrole nitrogens is 1. The third-order valence-corrected chi connectivity index (χ3v) is 5.39. The highest BCUT2D eigenvalue weighted by atomic mass is 79.9. The monoisotopic (exact) mass is 428 g/mol. The van der Waals surface area contributed by atoms with Gasteiger partial charge in [0.15, 0.2) is 0 Å². The van der Waals surface area contributed by atoms with E-state index < -0.39 is 0 Å². The Kier molecular flexibility index (Phi) is 19.2. The molecule has 0 radical (unpaired) electrons. The Morgan fingerprint density at radius 2 is 1.04 bits per heavy atom. The second-order valence-electron chi connectivity index (χ2n) is 7.82. The molecule has 1 aromatic heterocycles. The van der Waals surface area contributed by atoms with Gasteiger partial charge in [-0.3, -0.25) is 5.10 Å². The molecule has 0 aliphatic heterocycles. The number of aryl methyl sites for hydroxylation is 2. The molecule has 0 atom stereocenters. The minimum atomic E-state index is 0. The van der Waals surface area contributed by atoms with Crippen LogP contribution in [-0.4, -0.2) is 10.2 Å². The minimum absolute atomic E-state index is 0. The summed E-state index contributed by atoms with van der Waals surface area (Å²) >= 11 is 0. The van der Waals surface area contributed by atoms with Crippen LogP contribution in [0.4, 0.5) is 0 Å². The van der Waals surface area contributed by atoms with Gasteiger partial charge in [0.05, 0.1) is 6.20 Å². The van der Waals surface area contributed by atoms with Gasteiger partial charge in [-0.2, -0.15) is 5.10 Å². The third-order valence-electron chi connectivity index (χ3n) is 5.39. The zero-order valence-electron chi connectivity index (χ0n) is 17.7. The van der Waals surface area contributed by atoms with Gasteiger partial charge in [0.1, 0.15) is 0 Å². The number of unbranched alkanes of at least 4 members (excludes halogenated alkanes) is 14. The number of aromatic nitrogens is 2. The molecule has 1 N–H and O–H groups in total. The number of rotatable bonds is 18. The smallest absolute Gasteiger partial charge is 0.0522 e. The Labute approximate surface area is 174 Å². The summed E-state index contributed by atoms with van der Waals surface area (Å²) in [5, 5.41) is 7.54. The molecule has 1 rings (SSSR count). The van der Waals surface area contributed by atoms with Crippen LogP contribution in [0.25, 0.3) is 0 Å². The van der Waals surface area contributed by atoms with E-state index in [0.29, 0.717) is 0 Å². The van der Waals surface area contributed by atoms with Crippen LogP contribution in [0, 0.1) is 0 Å². The lowest BCUT2D eigenvalue weighted by molar-refractivity contribution is 0.569. The molecule has 1 aromatic rings. The summed E-state index contributed by atoms with van der Waals surface area (Å²) in [5.41, 5.74) is 2.89. The molecule has 0 spiro atoms. The van der Waals surface area contributed by atoms with E-state index in [0.717, 1.165) is 0 Å². The van der Waals surface area contributed by atoms with Crippen molar-refractivity contribution in [1.82, 2.24) is 10.2 Å². The number of halogens is 1. The number of nitrogens with one attached hydrogen (secondary N) is 1. The number of hydrogen-bond acceptors (Lipinski definition) is 1. The fraction of sp³-hybridized carbons (Fsp3) is 0.870. The van der Waals surface area contributed by atoms with Gasteiger partial charge in [-0.15, -0.1) is 17.0 Å². The van der Waals surface area contributed by atoms with Gasteiger partial charge in [-0.05, 0) is 31.2 Å². The van der Waals surface area contributed by atoms with E-state index in [2.05, 4.69) is 30.2 Å². The summed E-state index contributed by atoms with van der Waals surface area (Å²) in [6, 6.07) is 0. The zero-order chi connectivity index (χ0) is 18.0. The summed E-state index contributed by atoms with van der Waals surface area (Å²) in [5.74, 6) is 0. The predicted octanol–water partition coefficient (Wildman–Crippen LogP) is 8.35. The lowest BCUT2D eigenvalue weighted by atomic mass is 10.0. The maximum absolute atomic E-state index is 4.29. The first kappa shape index (κ1) is 25.7. The molecule has 0 bridgehead atoms. The lowest BCUT2D eigenvalue weighted by Gasteiger charge is -2.05. The minimum Gasteiger partial charge on any atom is -0.282 e. The molecule has 0 saturated heterocycles. The Morgan fingerprint density at radius 3 is 1.54 bits per heavy atom. The molecular formula is C23H45BrN2. The fourth-order valence-electron chi connectivity index (χ4n) is 3.65. The van der Waals surface area contributed by atoms with E-state index in [1.807, 2.05) is 0 Å². The zero-order valence-corrected chi connectivity index (χ0v) is 19.4. The van der Waals surface area contributed by atoms with E-state index >= 15 is 0 Å². The van der Waals surface area contributed by atoms with Gasteiger partial charge in [0.25, 0.3) is 0 Å². The van der Waals surface area contributed by atoms with Gasteiger partial charge >= 0.3 is 0 Å². The molecule has 26 heavy (non-hydrogen) atoms. The molecule has 2 nitrogen and oxygen atoms in total. The van der Waals surface area contributed by atoms with Crippen LogP contribution in [0.15, 0.2) is 6.20 Å². The van der Waals surface area contributed by atoms with Crippen molar-refractivity contribution in [1.29, 1.82) is 0 Å². The van der Waals surface area contributed by atoms with Crippen molar-refractivity contribution in [3.05, 3.63) is 17.5 Å². The van der Waals surface area contributed by atoms with Crippen LogP contribution >= 0.6 is 17.0 Å². The molecule has 0 saturated carbocycles. The van der Waals surface area contributed by atoms with Crippen LogP contribution in [0.5, 0.6) is 0 Å². The lowest BCUT2D eigenvalue weighted by Crippen LogP contribution is -1.94.